The van der Waals surface area contributed by atoms with Gasteiger partial charge in [0, 0.05) is 31.9 Å². The molecular weight excluding hydrogens is 288 g/mol. The van der Waals surface area contributed by atoms with Gasteiger partial charge in [-0.25, -0.2) is 0 Å². The Balaban J connectivity index is 2.12. The average molecular weight is 308 g/mol. The molecule has 8 heteroatoms. The second-order valence-corrected chi connectivity index (χ2v) is 5.22. The van der Waals surface area contributed by atoms with E-state index in [1.165, 1.54) is 23.1 Å². The largest absolute Gasteiger partial charge is 0.393 e. The molecule has 1 aliphatic heterocycles. The fourth-order valence-corrected chi connectivity index (χ4v) is 2.45. The zero-order chi connectivity index (χ0) is 16.3. The lowest BCUT2D eigenvalue weighted by Crippen LogP contribution is -2.50. The molecule has 1 aromatic carbocycles. The maximum absolute atomic E-state index is 12.5. The molecule has 0 unspecified atom stereocenters. The minimum Gasteiger partial charge on any atom is -0.393 e. The van der Waals surface area contributed by atoms with E-state index in [0.29, 0.717) is 32.0 Å². The summed E-state index contributed by atoms with van der Waals surface area (Å²) in [5, 5.41) is 10.8. The molecule has 1 amide bonds. The number of anilines is 2. The molecule has 1 aromatic rings. The standard InChI is InChI=1S/C14H20N4O4/c1-10(17-5-7-22-8-6-17)14(19)16(2)11-3-4-13(18(20)21)12(15)9-11/h3-4,9-10H,5-8,15H2,1-2H3/t10-/m0/s1. The maximum Gasteiger partial charge on any atom is 0.292 e. The molecule has 1 heterocycles. The highest BCUT2D eigenvalue weighted by atomic mass is 16.6. The van der Waals surface area contributed by atoms with Crippen LogP contribution in [0, 0.1) is 10.1 Å². The number of carbonyl (C=O) groups is 1. The van der Waals surface area contributed by atoms with Crippen molar-refractivity contribution < 1.29 is 14.5 Å². The molecule has 0 saturated carbocycles. The number of nitrogens with two attached hydrogens (primary N) is 1. The van der Waals surface area contributed by atoms with Gasteiger partial charge < -0.3 is 15.4 Å². The molecule has 22 heavy (non-hydrogen) atoms. The van der Waals surface area contributed by atoms with Crippen LogP contribution in [0.3, 0.4) is 0 Å². The Morgan fingerprint density at radius 3 is 2.64 bits per heavy atom. The number of amides is 1. The molecule has 1 atom stereocenters. The van der Waals surface area contributed by atoms with Crippen LogP contribution < -0.4 is 10.6 Å². The molecule has 2 rings (SSSR count). The Morgan fingerprint density at radius 2 is 2.09 bits per heavy atom. The third-order valence-electron chi connectivity index (χ3n) is 3.88. The van der Waals surface area contributed by atoms with Crippen molar-refractivity contribution in [2.75, 3.05) is 44.0 Å². The zero-order valence-corrected chi connectivity index (χ0v) is 12.7. The predicted molar refractivity (Wildman–Crippen MR) is 82.8 cm³/mol. The molecule has 1 saturated heterocycles. The normalized spacial score (nSPS) is 17.0. The Kier molecular flexibility index (Phi) is 4.94. The van der Waals surface area contributed by atoms with Gasteiger partial charge in [-0.2, -0.15) is 0 Å². The summed E-state index contributed by atoms with van der Waals surface area (Å²) in [7, 11) is 1.64. The predicted octanol–water partition coefficient (Wildman–Crippen LogP) is 0.861. The quantitative estimate of drug-likeness (QED) is 0.503. The summed E-state index contributed by atoms with van der Waals surface area (Å²) < 4.78 is 5.28. The summed E-state index contributed by atoms with van der Waals surface area (Å²) in [5.41, 5.74) is 6.09. The molecule has 0 spiro atoms. The third kappa shape index (κ3) is 3.34. The molecule has 0 radical (unpaired) electrons. The lowest BCUT2D eigenvalue weighted by molar-refractivity contribution is -0.383. The van der Waals surface area contributed by atoms with Crippen LogP contribution >= 0.6 is 0 Å². The van der Waals surface area contributed by atoms with E-state index in [1.807, 2.05) is 6.92 Å². The topological polar surface area (TPSA) is 102 Å². The van der Waals surface area contributed by atoms with Crippen molar-refractivity contribution >= 4 is 23.0 Å². The molecule has 8 nitrogen and oxygen atoms in total. The Morgan fingerprint density at radius 1 is 1.45 bits per heavy atom. The number of nitrogen functional groups attached to an aromatic ring is 1. The van der Waals surface area contributed by atoms with E-state index < -0.39 is 4.92 Å². The highest BCUT2D eigenvalue weighted by Crippen LogP contribution is 2.27. The van der Waals surface area contributed by atoms with Crippen LogP contribution in [0.1, 0.15) is 6.92 Å². The molecule has 1 aliphatic rings. The van der Waals surface area contributed by atoms with Crippen molar-refractivity contribution in [2.24, 2.45) is 0 Å². The number of likely N-dealkylation sites (N-methyl/N-ethyl adjacent to an activating group) is 1. The third-order valence-corrected chi connectivity index (χ3v) is 3.88. The number of morpholine rings is 1. The number of carbonyl (C=O) groups excluding carboxylic acids is 1. The minimum atomic E-state index is -0.544. The first-order valence-corrected chi connectivity index (χ1v) is 7.05. The van der Waals surface area contributed by atoms with Crippen LogP contribution in [0.5, 0.6) is 0 Å². The molecule has 0 bridgehead atoms. The Hall–Kier alpha value is -2.19. The van der Waals surface area contributed by atoms with Crippen molar-refractivity contribution in [1.82, 2.24) is 4.90 Å². The Labute approximate surface area is 128 Å². The van der Waals surface area contributed by atoms with Gasteiger partial charge in [0.2, 0.25) is 5.91 Å². The highest BCUT2D eigenvalue weighted by molar-refractivity contribution is 5.97. The van der Waals surface area contributed by atoms with Gasteiger partial charge in [0.05, 0.1) is 24.2 Å². The number of hydrogen-bond acceptors (Lipinski definition) is 6. The first-order chi connectivity index (χ1) is 10.4. The van der Waals surface area contributed by atoms with E-state index >= 15 is 0 Å². The van der Waals surface area contributed by atoms with E-state index in [4.69, 9.17) is 10.5 Å². The first kappa shape index (κ1) is 16.2. The summed E-state index contributed by atoms with van der Waals surface area (Å²) >= 11 is 0. The van der Waals surface area contributed by atoms with Crippen LogP contribution in [0.15, 0.2) is 18.2 Å². The van der Waals surface area contributed by atoms with Crippen LogP contribution in [0.25, 0.3) is 0 Å². The summed E-state index contributed by atoms with van der Waals surface area (Å²) in [5.74, 6) is -0.0878. The number of ether oxygens (including phenoxy) is 1. The summed E-state index contributed by atoms with van der Waals surface area (Å²) in [6.07, 6.45) is 0. The number of nitrogens with zero attached hydrogens (tertiary/aromatic N) is 3. The van der Waals surface area contributed by atoms with E-state index in [1.54, 1.807) is 7.05 Å². The number of nitro benzene ring substituents is 1. The second-order valence-electron chi connectivity index (χ2n) is 5.22. The summed E-state index contributed by atoms with van der Waals surface area (Å²) in [4.78, 5) is 26.3. The summed E-state index contributed by atoms with van der Waals surface area (Å²) in [6, 6.07) is 4.00. The number of rotatable bonds is 4. The minimum absolute atomic E-state index is 0.0428. The SMILES string of the molecule is C[C@@H](C(=O)N(C)c1ccc([N+](=O)[O-])c(N)c1)N1CCOCC1. The van der Waals surface area contributed by atoms with Crippen molar-refractivity contribution in [3.8, 4) is 0 Å². The van der Waals surface area contributed by atoms with Gasteiger partial charge in [0.25, 0.3) is 5.69 Å². The molecule has 1 fully saturated rings. The number of benzene rings is 1. The van der Waals surface area contributed by atoms with Gasteiger partial charge >= 0.3 is 0 Å². The van der Waals surface area contributed by atoms with E-state index in [-0.39, 0.29) is 23.3 Å². The Bertz CT molecular complexity index is 572. The summed E-state index contributed by atoms with van der Waals surface area (Å²) in [6.45, 7) is 4.50. The molecule has 0 aromatic heterocycles. The van der Waals surface area contributed by atoms with Crippen molar-refractivity contribution in [2.45, 2.75) is 13.0 Å². The van der Waals surface area contributed by atoms with Gasteiger partial charge in [-0.15, -0.1) is 0 Å². The lowest BCUT2D eigenvalue weighted by atomic mass is 10.2. The smallest absolute Gasteiger partial charge is 0.292 e. The molecular formula is C14H20N4O4. The van der Waals surface area contributed by atoms with E-state index in [9.17, 15) is 14.9 Å². The van der Waals surface area contributed by atoms with Gasteiger partial charge in [0.1, 0.15) is 5.69 Å². The van der Waals surface area contributed by atoms with Gasteiger partial charge in [-0.1, -0.05) is 0 Å². The van der Waals surface area contributed by atoms with Crippen LogP contribution in [0.2, 0.25) is 0 Å². The van der Waals surface area contributed by atoms with Crippen LogP contribution in [-0.4, -0.2) is 55.1 Å². The monoisotopic (exact) mass is 308 g/mol. The first-order valence-electron chi connectivity index (χ1n) is 7.05. The highest BCUT2D eigenvalue weighted by Gasteiger charge is 2.26. The molecule has 120 valence electrons. The number of hydrogen-bond donors (Lipinski definition) is 1. The maximum atomic E-state index is 12.5. The van der Waals surface area contributed by atoms with Crippen molar-refractivity contribution in [3.05, 3.63) is 28.3 Å². The van der Waals surface area contributed by atoms with E-state index in [0.717, 1.165) is 0 Å². The average Bonchev–Trinajstić information content (AvgIpc) is 2.53. The fraction of sp³-hybridized carbons (Fsp3) is 0.500. The van der Waals surface area contributed by atoms with Crippen LogP contribution in [-0.2, 0) is 9.53 Å². The number of nitro groups is 1. The van der Waals surface area contributed by atoms with Crippen molar-refractivity contribution in [1.29, 1.82) is 0 Å². The molecule has 0 aliphatic carbocycles. The lowest BCUT2D eigenvalue weighted by Gasteiger charge is -2.33. The van der Waals surface area contributed by atoms with Gasteiger partial charge in [-0.05, 0) is 19.1 Å². The van der Waals surface area contributed by atoms with E-state index in [2.05, 4.69) is 4.90 Å². The molecule has 2 N–H and O–H groups in total. The van der Waals surface area contributed by atoms with Crippen LogP contribution in [0.4, 0.5) is 17.1 Å². The fourth-order valence-electron chi connectivity index (χ4n) is 2.45. The zero-order valence-electron chi connectivity index (χ0n) is 12.7. The van der Waals surface area contributed by atoms with Gasteiger partial charge in [0.15, 0.2) is 0 Å². The van der Waals surface area contributed by atoms with Gasteiger partial charge in [-0.3, -0.25) is 19.8 Å². The van der Waals surface area contributed by atoms with Crippen molar-refractivity contribution in [3.63, 3.8) is 0 Å². The second kappa shape index (κ2) is 6.71.